The van der Waals surface area contributed by atoms with E-state index in [1.807, 2.05) is 32.0 Å². The molecule has 0 fully saturated rings. The molecule has 0 aliphatic rings. The maximum Gasteiger partial charge on any atom is 0.231 e. The van der Waals surface area contributed by atoms with Crippen LogP contribution in [0, 0.1) is 13.8 Å². The van der Waals surface area contributed by atoms with Gasteiger partial charge < -0.3 is 23.9 Å². The average Bonchev–Trinajstić information content (AvgIpc) is 2.94. The Kier molecular flexibility index (Phi) is 4.16. The molecule has 0 aliphatic carbocycles. The topological polar surface area (TPSA) is 78.6 Å². The van der Waals surface area contributed by atoms with Crippen LogP contribution in [0.25, 0.3) is 11.1 Å². The fraction of sp³-hybridized carbons (Fsp3) is 0.294. The minimum absolute atomic E-state index is 0.536. The number of aromatic nitrogens is 2. The molecule has 0 spiro atoms. The molecule has 24 heavy (non-hydrogen) atoms. The number of ether oxygens (including phenoxy) is 3. The zero-order valence-corrected chi connectivity index (χ0v) is 14.3. The van der Waals surface area contributed by atoms with Crippen LogP contribution in [0.4, 0.5) is 11.5 Å². The smallest absolute Gasteiger partial charge is 0.231 e. The highest BCUT2D eigenvalue weighted by atomic mass is 16.5. The van der Waals surface area contributed by atoms with Gasteiger partial charge in [-0.25, -0.2) is 4.98 Å². The molecule has 0 atom stereocenters. The second kappa shape index (κ2) is 6.27. The number of nitrogens with zero attached hydrogens (tertiary/aromatic N) is 2. The second-order valence-corrected chi connectivity index (χ2v) is 5.23. The zero-order chi connectivity index (χ0) is 17.3. The number of nitrogens with one attached hydrogen (secondary N) is 1. The number of aryl methyl sites for hydroxylation is 2. The highest BCUT2D eigenvalue weighted by Gasteiger charge is 2.15. The van der Waals surface area contributed by atoms with Crippen molar-refractivity contribution in [1.29, 1.82) is 0 Å². The van der Waals surface area contributed by atoms with Gasteiger partial charge >= 0.3 is 0 Å². The first-order valence-corrected chi connectivity index (χ1v) is 7.37. The largest absolute Gasteiger partial charge is 0.493 e. The molecule has 0 radical (unpaired) electrons. The van der Waals surface area contributed by atoms with Crippen LogP contribution in [0.1, 0.15) is 11.6 Å². The van der Waals surface area contributed by atoms with Crippen molar-refractivity contribution in [2.75, 3.05) is 26.6 Å². The number of benzene rings is 1. The number of methoxy groups -OCH3 is 3. The first-order chi connectivity index (χ1) is 11.5. The predicted molar refractivity (Wildman–Crippen MR) is 90.7 cm³/mol. The van der Waals surface area contributed by atoms with Gasteiger partial charge in [-0.2, -0.15) is 4.98 Å². The van der Waals surface area contributed by atoms with Crippen molar-refractivity contribution in [2.45, 2.75) is 13.8 Å². The first-order valence-electron chi connectivity index (χ1n) is 7.37. The minimum Gasteiger partial charge on any atom is -0.493 e. The lowest BCUT2D eigenvalue weighted by atomic mass is 10.2. The quantitative estimate of drug-likeness (QED) is 0.766. The Hall–Kier alpha value is -2.96. The maximum atomic E-state index is 5.59. The van der Waals surface area contributed by atoms with Crippen molar-refractivity contribution in [2.24, 2.45) is 0 Å². The Labute approximate surface area is 139 Å². The van der Waals surface area contributed by atoms with Gasteiger partial charge in [-0.1, -0.05) is 0 Å². The molecule has 126 valence electrons. The van der Waals surface area contributed by atoms with Crippen molar-refractivity contribution >= 4 is 22.6 Å². The van der Waals surface area contributed by atoms with E-state index in [1.165, 1.54) is 0 Å². The molecule has 0 saturated heterocycles. The van der Waals surface area contributed by atoms with E-state index in [4.69, 9.17) is 18.6 Å². The minimum atomic E-state index is 0.536. The third-order valence-electron chi connectivity index (χ3n) is 3.56. The van der Waals surface area contributed by atoms with Crippen molar-refractivity contribution in [3.63, 3.8) is 0 Å². The van der Waals surface area contributed by atoms with Crippen LogP contribution in [0.3, 0.4) is 0 Å². The van der Waals surface area contributed by atoms with Gasteiger partial charge in [0.05, 0.1) is 26.7 Å². The molecule has 7 nitrogen and oxygen atoms in total. The SMILES string of the molecule is COc1cc(Nc2nc(C)nc3oc(C)cc23)cc(OC)c1OC. The van der Waals surface area contributed by atoms with Crippen molar-refractivity contribution in [1.82, 2.24) is 9.97 Å². The number of anilines is 2. The first kappa shape index (κ1) is 15.9. The van der Waals surface area contributed by atoms with E-state index in [1.54, 1.807) is 21.3 Å². The lowest BCUT2D eigenvalue weighted by Gasteiger charge is -2.15. The summed E-state index contributed by atoms with van der Waals surface area (Å²) in [6.07, 6.45) is 0. The Bertz CT molecular complexity index is 864. The van der Waals surface area contributed by atoms with Gasteiger partial charge in [0.25, 0.3) is 0 Å². The summed E-state index contributed by atoms with van der Waals surface area (Å²) < 4.78 is 21.7. The van der Waals surface area contributed by atoms with E-state index in [9.17, 15) is 0 Å². The fourth-order valence-electron chi connectivity index (χ4n) is 2.53. The van der Waals surface area contributed by atoms with E-state index in [-0.39, 0.29) is 0 Å². The van der Waals surface area contributed by atoms with Gasteiger partial charge in [0.2, 0.25) is 11.5 Å². The number of hydrogen-bond donors (Lipinski definition) is 1. The van der Waals surface area contributed by atoms with E-state index in [2.05, 4.69) is 15.3 Å². The summed E-state index contributed by atoms with van der Waals surface area (Å²) in [6.45, 7) is 3.69. The average molecular weight is 329 g/mol. The van der Waals surface area contributed by atoms with Crippen LogP contribution in [0.15, 0.2) is 22.6 Å². The van der Waals surface area contributed by atoms with Crippen molar-refractivity contribution in [3.8, 4) is 17.2 Å². The molecular weight excluding hydrogens is 310 g/mol. The Morgan fingerprint density at radius 1 is 0.917 bits per heavy atom. The van der Waals surface area contributed by atoms with Crippen LogP contribution < -0.4 is 19.5 Å². The molecule has 0 unspecified atom stereocenters. The highest BCUT2D eigenvalue weighted by Crippen LogP contribution is 2.41. The number of furan rings is 1. The van der Waals surface area contributed by atoms with Gasteiger partial charge in [0, 0.05) is 17.8 Å². The Morgan fingerprint density at radius 3 is 2.17 bits per heavy atom. The standard InChI is InChI=1S/C17H19N3O4/c1-9-6-12-16(18-10(2)19-17(12)24-9)20-11-7-13(21-3)15(23-5)14(8-11)22-4/h6-8H,1-5H3,(H,18,19,20). The van der Waals surface area contributed by atoms with E-state index in [0.29, 0.717) is 34.6 Å². The summed E-state index contributed by atoms with van der Waals surface area (Å²) in [4.78, 5) is 8.77. The molecule has 1 N–H and O–H groups in total. The van der Waals surface area contributed by atoms with E-state index < -0.39 is 0 Å². The second-order valence-electron chi connectivity index (χ2n) is 5.23. The molecular formula is C17H19N3O4. The molecule has 2 heterocycles. The number of rotatable bonds is 5. The van der Waals surface area contributed by atoms with Gasteiger partial charge in [-0.15, -0.1) is 0 Å². The van der Waals surface area contributed by atoms with Crippen LogP contribution in [0.2, 0.25) is 0 Å². The monoisotopic (exact) mass is 329 g/mol. The van der Waals surface area contributed by atoms with Crippen LogP contribution in [0.5, 0.6) is 17.2 Å². The molecule has 0 aliphatic heterocycles. The summed E-state index contributed by atoms with van der Waals surface area (Å²) >= 11 is 0. The summed E-state index contributed by atoms with van der Waals surface area (Å²) in [5.41, 5.74) is 1.30. The molecule has 0 amide bonds. The predicted octanol–water partition coefficient (Wildman–Crippen LogP) is 3.61. The van der Waals surface area contributed by atoms with Gasteiger partial charge in [-0.05, 0) is 19.9 Å². The summed E-state index contributed by atoms with van der Waals surface area (Å²) in [5, 5.41) is 4.09. The molecule has 2 aromatic heterocycles. The summed E-state index contributed by atoms with van der Waals surface area (Å²) in [6, 6.07) is 5.53. The van der Waals surface area contributed by atoms with Crippen LogP contribution >= 0.6 is 0 Å². The van der Waals surface area contributed by atoms with Crippen molar-refractivity contribution in [3.05, 3.63) is 29.8 Å². The molecule has 3 aromatic rings. The van der Waals surface area contributed by atoms with Crippen molar-refractivity contribution < 1.29 is 18.6 Å². The van der Waals surface area contributed by atoms with Gasteiger partial charge in [-0.3, -0.25) is 0 Å². The molecule has 7 heteroatoms. The molecule has 3 rings (SSSR count). The highest BCUT2D eigenvalue weighted by molar-refractivity contribution is 5.88. The number of fused-ring (bicyclic) bond motifs is 1. The molecule has 0 saturated carbocycles. The summed E-state index contributed by atoms with van der Waals surface area (Å²) in [5.74, 6) is 3.71. The van der Waals surface area contributed by atoms with Gasteiger partial charge in [0.15, 0.2) is 11.5 Å². The number of hydrogen-bond acceptors (Lipinski definition) is 7. The van der Waals surface area contributed by atoms with Crippen LogP contribution in [-0.4, -0.2) is 31.3 Å². The Balaban J connectivity index is 2.08. The third kappa shape index (κ3) is 2.80. The maximum absolute atomic E-state index is 5.59. The van der Waals surface area contributed by atoms with E-state index >= 15 is 0 Å². The third-order valence-corrected chi connectivity index (χ3v) is 3.56. The lowest BCUT2D eigenvalue weighted by molar-refractivity contribution is 0.324. The zero-order valence-electron chi connectivity index (χ0n) is 14.3. The van der Waals surface area contributed by atoms with Gasteiger partial charge in [0.1, 0.15) is 17.4 Å². The normalized spacial score (nSPS) is 10.7. The van der Waals surface area contributed by atoms with Crippen LogP contribution in [-0.2, 0) is 0 Å². The fourth-order valence-corrected chi connectivity index (χ4v) is 2.53. The lowest BCUT2D eigenvalue weighted by Crippen LogP contribution is -2.00. The Morgan fingerprint density at radius 2 is 1.58 bits per heavy atom. The molecule has 1 aromatic carbocycles. The summed E-state index contributed by atoms with van der Waals surface area (Å²) in [7, 11) is 4.72. The van der Waals surface area contributed by atoms with E-state index in [0.717, 1.165) is 16.8 Å². The molecule has 0 bridgehead atoms.